The van der Waals surface area contributed by atoms with Crippen LogP contribution in [0, 0.1) is 0 Å². The van der Waals surface area contributed by atoms with Crippen molar-refractivity contribution in [1.82, 2.24) is 10.6 Å². The molecule has 1 aliphatic rings. The van der Waals surface area contributed by atoms with E-state index < -0.39 is 35.0 Å². The normalized spacial score (nSPS) is 22.9. The average Bonchev–Trinajstić information content (AvgIpc) is 2.65. The maximum Gasteiger partial charge on any atom is 0.347 e. The van der Waals surface area contributed by atoms with Crippen LogP contribution in [0.1, 0.15) is 41.5 Å². The summed E-state index contributed by atoms with van der Waals surface area (Å²) >= 11 is 0. The fourth-order valence-electron chi connectivity index (χ4n) is 2.09. The van der Waals surface area contributed by atoms with E-state index in [9.17, 15) is 19.2 Å². The van der Waals surface area contributed by atoms with Crippen LogP contribution < -0.4 is 10.6 Å². The molecule has 0 amide bonds. The van der Waals surface area contributed by atoms with E-state index in [1.807, 2.05) is 0 Å². The smallest absolute Gasteiger partial charge is 0.347 e. The highest BCUT2D eigenvalue weighted by atomic mass is 16.6. The van der Waals surface area contributed by atoms with Crippen LogP contribution in [0.4, 0.5) is 0 Å². The molecule has 2 N–H and O–H groups in total. The number of ether oxygens (including phenoxy) is 4. The lowest BCUT2D eigenvalue weighted by molar-refractivity contribution is -0.150. The van der Waals surface area contributed by atoms with E-state index in [2.05, 4.69) is 10.6 Å². The third-order valence-corrected chi connectivity index (χ3v) is 3.77. The number of carbonyl (C=O) groups excluding carboxylic acids is 4. The number of carbonyl (C=O) groups is 4. The fraction of sp³-hybridized carbons (Fsp3) is 0.600. The molecule has 1 aliphatic heterocycles. The van der Waals surface area contributed by atoms with Gasteiger partial charge in [-0.3, -0.25) is 0 Å². The molecule has 1 rings (SSSR count). The third kappa shape index (κ3) is 7.76. The number of hydrogen-bond acceptors (Lipinski definition) is 10. The quantitative estimate of drug-likeness (QED) is 0.377. The molecule has 0 atom stereocenters. The topological polar surface area (TPSA) is 129 Å². The summed E-state index contributed by atoms with van der Waals surface area (Å²) in [5.41, 5.74) is -2.42. The van der Waals surface area contributed by atoms with Crippen molar-refractivity contribution < 1.29 is 38.1 Å². The molecule has 0 saturated heterocycles. The molecular formula is C20H30N2O8. The lowest BCUT2D eigenvalue weighted by Gasteiger charge is -2.28. The van der Waals surface area contributed by atoms with E-state index in [4.69, 9.17) is 18.9 Å². The molecule has 0 radical (unpaired) electrons. The maximum absolute atomic E-state index is 12.5. The van der Waals surface area contributed by atoms with Gasteiger partial charge in [0.15, 0.2) is 11.1 Å². The Hall–Kier alpha value is -3.04. The van der Waals surface area contributed by atoms with Gasteiger partial charge >= 0.3 is 23.9 Å². The summed E-state index contributed by atoms with van der Waals surface area (Å²) in [6.45, 7) is 9.74. The molecule has 1 heterocycles. The van der Waals surface area contributed by atoms with Gasteiger partial charge in [0.05, 0.1) is 24.3 Å². The predicted molar refractivity (Wildman–Crippen MR) is 106 cm³/mol. The predicted octanol–water partition coefficient (Wildman–Crippen LogP) is 0.717. The van der Waals surface area contributed by atoms with Crippen LogP contribution in [0.3, 0.4) is 0 Å². The highest BCUT2D eigenvalue weighted by Crippen LogP contribution is 2.13. The molecule has 168 valence electrons. The summed E-state index contributed by atoms with van der Waals surface area (Å²) in [5.74, 6) is -3.44. The summed E-state index contributed by atoms with van der Waals surface area (Å²) in [6, 6.07) is 0. The molecule has 0 aromatic heterocycles. The summed E-state index contributed by atoms with van der Waals surface area (Å²) in [6.07, 6.45) is 2.34. The zero-order valence-corrected chi connectivity index (χ0v) is 18.2. The minimum absolute atomic E-state index is 0.0823. The van der Waals surface area contributed by atoms with Crippen LogP contribution in [0.2, 0.25) is 0 Å². The lowest BCUT2D eigenvalue weighted by Crippen LogP contribution is -2.44. The number of cyclic esters (lactones) is 2. The van der Waals surface area contributed by atoms with Crippen molar-refractivity contribution in [1.29, 1.82) is 0 Å². The SMILES string of the molecule is CCOC(=O)/C1=C/NC(C)(C)COC(=O)/C(C(=O)OCC)=C\NC(C)(C)COC1=O. The zero-order valence-electron chi connectivity index (χ0n) is 18.2. The standard InChI is InChI=1S/C20H30N2O8/c1-7-27-15(23)13-9-21-19(3,4)12-30-18(26)14(16(24)28-8-2)10-22-20(5,6)11-29-17(13)25/h9-10,21-22H,7-8,11-12H2,1-6H3/b13-9-,14-10-. The summed E-state index contributed by atoms with van der Waals surface area (Å²) in [7, 11) is 0. The minimum atomic E-state index is -0.885. The van der Waals surface area contributed by atoms with Crippen molar-refractivity contribution in [3.8, 4) is 0 Å². The third-order valence-electron chi connectivity index (χ3n) is 3.77. The molecule has 0 saturated carbocycles. The van der Waals surface area contributed by atoms with Gasteiger partial charge in [-0.25, -0.2) is 19.2 Å². The summed E-state index contributed by atoms with van der Waals surface area (Å²) in [4.78, 5) is 49.3. The molecule has 10 nitrogen and oxygen atoms in total. The van der Waals surface area contributed by atoms with Crippen LogP contribution >= 0.6 is 0 Å². The van der Waals surface area contributed by atoms with Crippen molar-refractivity contribution in [3.05, 3.63) is 23.5 Å². The molecule has 0 aliphatic carbocycles. The van der Waals surface area contributed by atoms with Crippen molar-refractivity contribution >= 4 is 23.9 Å². The van der Waals surface area contributed by atoms with Gasteiger partial charge in [0.25, 0.3) is 0 Å². The number of esters is 4. The first-order chi connectivity index (χ1) is 13.9. The Bertz CT molecular complexity index is 675. The second kappa shape index (κ2) is 10.7. The van der Waals surface area contributed by atoms with E-state index in [0.29, 0.717) is 0 Å². The molecule has 0 bridgehead atoms. The van der Waals surface area contributed by atoms with Gasteiger partial charge in [-0.05, 0) is 41.5 Å². The molecule has 0 unspecified atom stereocenters. The van der Waals surface area contributed by atoms with E-state index in [1.165, 1.54) is 12.4 Å². The number of hydrogen-bond donors (Lipinski definition) is 2. The van der Waals surface area contributed by atoms with Crippen LogP contribution in [-0.4, -0.2) is 61.4 Å². The van der Waals surface area contributed by atoms with Gasteiger partial charge in [0.1, 0.15) is 13.2 Å². The first kappa shape index (κ1) is 25.0. The average molecular weight is 426 g/mol. The Balaban J connectivity index is 3.25. The van der Waals surface area contributed by atoms with Crippen molar-refractivity contribution in [2.75, 3.05) is 26.4 Å². The Morgan fingerprint density at radius 1 is 0.833 bits per heavy atom. The molecule has 30 heavy (non-hydrogen) atoms. The van der Waals surface area contributed by atoms with Gasteiger partial charge in [-0.15, -0.1) is 0 Å². The van der Waals surface area contributed by atoms with E-state index >= 15 is 0 Å². The lowest BCUT2D eigenvalue weighted by atomic mass is 10.1. The first-order valence-electron chi connectivity index (χ1n) is 9.56. The Kier molecular flexibility index (Phi) is 8.88. The number of rotatable bonds is 4. The highest BCUT2D eigenvalue weighted by molar-refractivity contribution is 6.14. The van der Waals surface area contributed by atoms with E-state index in [0.717, 1.165) is 0 Å². The first-order valence-corrected chi connectivity index (χ1v) is 9.56. The Morgan fingerprint density at radius 2 is 1.17 bits per heavy atom. The maximum atomic E-state index is 12.5. The molecule has 10 heteroatoms. The van der Waals surface area contributed by atoms with Gasteiger partial charge in [0.2, 0.25) is 0 Å². The second-order valence-corrected chi connectivity index (χ2v) is 7.77. The van der Waals surface area contributed by atoms with Crippen LogP contribution in [0.15, 0.2) is 23.5 Å². The second-order valence-electron chi connectivity index (χ2n) is 7.77. The van der Waals surface area contributed by atoms with Crippen LogP contribution in [0.5, 0.6) is 0 Å². The molecule has 0 aromatic rings. The van der Waals surface area contributed by atoms with E-state index in [-0.39, 0.29) is 37.6 Å². The number of nitrogens with one attached hydrogen (secondary N) is 2. The van der Waals surface area contributed by atoms with Gasteiger partial charge in [-0.2, -0.15) is 0 Å². The van der Waals surface area contributed by atoms with E-state index in [1.54, 1.807) is 41.5 Å². The molecular weight excluding hydrogens is 396 g/mol. The van der Waals surface area contributed by atoms with Crippen molar-refractivity contribution in [3.63, 3.8) is 0 Å². The fourth-order valence-corrected chi connectivity index (χ4v) is 2.09. The van der Waals surface area contributed by atoms with Gasteiger partial charge < -0.3 is 29.6 Å². The Labute approximate surface area is 175 Å². The van der Waals surface area contributed by atoms with Crippen molar-refractivity contribution in [2.45, 2.75) is 52.6 Å². The molecule has 0 fully saturated rings. The van der Waals surface area contributed by atoms with Crippen LogP contribution in [-0.2, 0) is 38.1 Å². The Morgan fingerprint density at radius 3 is 1.47 bits per heavy atom. The summed E-state index contributed by atoms with van der Waals surface area (Å²) < 4.78 is 20.3. The monoisotopic (exact) mass is 426 g/mol. The largest absolute Gasteiger partial charge is 0.462 e. The molecule has 0 spiro atoms. The van der Waals surface area contributed by atoms with Gasteiger partial charge in [0, 0.05) is 12.4 Å². The zero-order chi connectivity index (χ0) is 22.9. The highest BCUT2D eigenvalue weighted by Gasteiger charge is 2.30. The van der Waals surface area contributed by atoms with Crippen molar-refractivity contribution in [2.24, 2.45) is 0 Å². The minimum Gasteiger partial charge on any atom is -0.462 e. The summed E-state index contributed by atoms with van der Waals surface area (Å²) in [5, 5.41) is 5.70. The van der Waals surface area contributed by atoms with Crippen LogP contribution in [0.25, 0.3) is 0 Å². The molecule has 0 aromatic carbocycles. The van der Waals surface area contributed by atoms with Gasteiger partial charge in [-0.1, -0.05) is 0 Å².